The Bertz CT molecular complexity index is 301. The number of nitrogens with zero attached hydrogens (tertiary/aromatic N) is 2. The predicted molar refractivity (Wildman–Crippen MR) is 52.5 cm³/mol. The molecule has 1 aromatic rings. The summed E-state index contributed by atoms with van der Waals surface area (Å²) in [5.41, 5.74) is 8.55. The van der Waals surface area contributed by atoms with E-state index < -0.39 is 0 Å². The molecule has 0 fully saturated rings. The molecular formula is C10H17N3. The highest BCUT2D eigenvalue weighted by atomic mass is 15.1. The second-order valence-corrected chi connectivity index (χ2v) is 4.08. The lowest BCUT2D eigenvalue weighted by Gasteiger charge is -2.22. The lowest BCUT2D eigenvalue weighted by molar-refractivity contribution is 0.490. The maximum absolute atomic E-state index is 6.07. The van der Waals surface area contributed by atoms with E-state index in [1.54, 1.807) is 0 Å². The molecule has 3 heteroatoms. The molecule has 2 rings (SSSR count). The fourth-order valence-corrected chi connectivity index (χ4v) is 2.04. The third-order valence-corrected chi connectivity index (χ3v) is 2.75. The van der Waals surface area contributed by atoms with Gasteiger partial charge in [-0.25, -0.2) is 4.98 Å². The molecule has 1 aliphatic rings. The van der Waals surface area contributed by atoms with Gasteiger partial charge in [-0.1, -0.05) is 0 Å². The summed E-state index contributed by atoms with van der Waals surface area (Å²) in [4.78, 5) is 4.41. The summed E-state index contributed by atoms with van der Waals surface area (Å²) in [7, 11) is 0. The zero-order valence-corrected chi connectivity index (χ0v) is 8.33. The van der Waals surface area contributed by atoms with Crippen molar-refractivity contribution in [2.24, 2.45) is 5.73 Å². The van der Waals surface area contributed by atoms with Crippen molar-refractivity contribution in [1.29, 1.82) is 0 Å². The first-order chi connectivity index (χ1) is 6.20. The molecule has 1 aliphatic carbocycles. The first kappa shape index (κ1) is 8.75. The van der Waals surface area contributed by atoms with Crippen LogP contribution in [-0.2, 0) is 6.42 Å². The number of fused-ring (bicyclic) bond motifs is 1. The van der Waals surface area contributed by atoms with Crippen LogP contribution >= 0.6 is 0 Å². The van der Waals surface area contributed by atoms with Crippen LogP contribution in [0.15, 0.2) is 6.33 Å². The number of imidazole rings is 1. The lowest BCUT2D eigenvalue weighted by atomic mass is 9.96. The molecule has 1 heterocycles. The monoisotopic (exact) mass is 179 g/mol. The largest absolute Gasteiger partial charge is 0.330 e. The molecule has 72 valence electrons. The maximum atomic E-state index is 6.07. The highest BCUT2D eigenvalue weighted by Crippen LogP contribution is 2.28. The number of rotatable bonds is 1. The average molecular weight is 179 g/mol. The van der Waals surface area contributed by atoms with Crippen molar-refractivity contribution in [3.05, 3.63) is 17.7 Å². The number of aryl methyl sites for hydroxylation is 1. The fraction of sp³-hybridized carbons (Fsp3) is 0.700. The van der Waals surface area contributed by atoms with Crippen LogP contribution in [0.3, 0.4) is 0 Å². The Kier molecular flexibility index (Phi) is 2.12. The zero-order chi connectivity index (χ0) is 9.42. The quantitative estimate of drug-likeness (QED) is 0.714. The number of aromatic nitrogens is 2. The van der Waals surface area contributed by atoms with Crippen LogP contribution in [0, 0.1) is 0 Å². The second-order valence-electron chi connectivity index (χ2n) is 4.08. The summed E-state index contributed by atoms with van der Waals surface area (Å²) in [5, 5.41) is 0. The van der Waals surface area contributed by atoms with Gasteiger partial charge in [-0.15, -0.1) is 0 Å². The van der Waals surface area contributed by atoms with Crippen LogP contribution in [0.25, 0.3) is 0 Å². The highest BCUT2D eigenvalue weighted by Gasteiger charge is 2.22. The van der Waals surface area contributed by atoms with Crippen molar-refractivity contribution in [2.75, 3.05) is 0 Å². The van der Waals surface area contributed by atoms with Gasteiger partial charge in [0.15, 0.2) is 0 Å². The molecule has 13 heavy (non-hydrogen) atoms. The van der Waals surface area contributed by atoms with Crippen molar-refractivity contribution in [1.82, 2.24) is 9.55 Å². The minimum absolute atomic E-state index is 0.202. The summed E-state index contributed by atoms with van der Waals surface area (Å²) in [6.07, 6.45) is 5.32. The molecule has 0 amide bonds. The Morgan fingerprint density at radius 3 is 3.08 bits per heavy atom. The van der Waals surface area contributed by atoms with E-state index in [1.165, 1.54) is 17.8 Å². The molecule has 0 saturated heterocycles. The third-order valence-electron chi connectivity index (χ3n) is 2.75. The van der Waals surface area contributed by atoms with E-state index >= 15 is 0 Å². The normalized spacial score (nSPS) is 22.0. The summed E-state index contributed by atoms with van der Waals surface area (Å²) in [6, 6.07) is 0.675. The minimum Gasteiger partial charge on any atom is -0.330 e. The van der Waals surface area contributed by atoms with Crippen LogP contribution in [0.4, 0.5) is 0 Å². The maximum Gasteiger partial charge on any atom is 0.0954 e. The second kappa shape index (κ2) is 3.14. The SMILES string of the molecule is CC(C)n1cnc2c1C(N)CCC2. The summed E-state index contributed by atoms with van der Waals surface area (Å²) in [5.74, 6) is 0. The molecule has 1 aromatic heterocycles. The zero-order valence-electron chi connectivity index (χ0n) is 8.33. The number of nitrogens with two attached hydrogens (primary N) is 1. The Morgan fingerprint density at radius 1 is 1.62 bits per heavy atom. The van der Waals surface area contributed by atoms with E-state index in [9.17, 15) is 0 Å². The van der Waals surface area contributed by atoms with Crippen molar-refractivity contribution in [3.8, 4) is 0 Å². The van der Waals surface area contributed by atoms with Crippen molar-refractivity contribution in [2.45, 2.75) is 45.2 Å². The van der Waals surface area contributed by atoms with Gasteiger partial charge in [0.2, 0.25) is 0 Å². The molecule has 0 bridgehead atoms. The summed E-state index contributed by atoms with van der Waals surface area (Å²) >= 11 is 0. The molecular weight excluding hydrogens is 162 g/mol. The Balaban J connectivity index is 2.44. The van der Waals surface area contributed by atoms with Crippen LogP contribution in [0.1, 0.15) is 50.2 Å². The molecule has 2 N–H and O–H groups in total. The number of hydrogen-bond acceptors (Lipinski definition) is 2. The van der Waals surface area contributed by atoms with Gasteiger partial charge in [0, 0.05) is 12.1 Å². The average Bonchev–Trinajstić information content (AvgIpc) is 2.49. The molecule has 3 nitrogen and oxygen atoms in total. The third kappa shape index (κ3) is 1.37. The van der Waals surface area contributed by atoms with E-state index in [2.05, 4.69) is 23.4 Å². The standard InChI is InChI=1S/C10H17N3/c1-7(2)13-6-12-9-5-3-4-8(11)10(9)13/h6-8H,3-5,11H2,1-2H3. The van der Waals surface area contributed by atoms with Crippen LogP contribution in [-0.4, -0.2) is 9.55 Å². The van der Waals surface area contributed by atoms with Crippen LogP contribution in [0.5, 0.6) is 0 Å². The molecule has 0 radical (unpaired) electrons. The minimum atomic E-state index is 0.202. The molecule has 0 aromatic carbocycles. The molecule has 0 saturated carbocycles. The van der Waals surface area contributed by atoms with Crippen molar-refractivity contribution in [3.63, 3.8) is 0 Å². The van der Waals surface area contributed by atoms with E-state index in [4.69, 9.17) is 5.73 Å². The van der Waals surface area contributed by atoms with Crippen LogP contribution < -0.4 is 5.73 Å². The van der Waals surface area contributed by atoms with E-state index in [1.807, 2.05) is 6.33 Å². The van der Waals surface area contributed by atoms with Gasteiger partial charge in [-0.3, -0.25) is 0 Å². The van der Waals surface area contributed by atoms with Gasteiger partial charge in [-0.2, -0.15) is 0 Å². The summed E-state index contributed by atoms with van der Waals surface area (Å²) < 4.78 is 2.21. The first-order valence-corrected chi connectivity index (χ1v) is 5.01. The predicted octanol–water partition coefficient (Wildman–Crippen LogP) is 1.80. The van der Waals surface area contributed by atoms with E-state index in [0.717, 1.165) is 12.8 Å². The van der Waals surface area contributed by atoms with E-state index in [0.29, 0.717) is 6.04 Å². The van der Waals surface area contributed by atoms with Gasteiger partial charge in [-0.05, 0) is 33.1 Å². The number of hydrogen-bond donors (Lipinski definition) is 1. The molecule has 1 atom stereocenters. The van der Waals surface area contributed by atoms with Crippen LogP contribution in [0.2, 0.25) is 0 Å². The molecule has 0 aliphatic heterocycles. The van der Waals surface area contributed by atoms with Crippen molar-refractivity contribution < 1.29 is 0 Å². The Labute approximate surface area is 79.0 Å². The van der Waals surface area contributed by atoms with Gasteiger partial charge in [0.05, 0.1) is 17.7 Å². The van der Waals surface area contributed by atoms with Gasteiger partial charge in [0.1, 0.15) is 0 Å². The molecule has 0 spiro atoms. The lowest BCUT2D eigenvalue weighted by Crippen LogP contribution is -2.21. The molecule has 1 unspecified atom stereocenters. The van der Waals surface area contributed by atoms with Gasteiger partial charge < -0.3 is 10.3 Å². The topological polar surface area (TPSA) is 43.8 Å². The Morgan fingerprint density at radius 2 is 2.38 bits per heavy atom. The summed E-state index contributed by atoms with van der Waals surface area (Å²) in [6.45, 7) is 4.34. The van der Waals surface area contributed by atoms with Gasteiger partial charge >= 0.3 is 0 Å². The first-order valence-electron chi connectivity index (χ1n) is 5.01. The highest BCUT2D eigenvalue weighted by molar-refractivity contribution is 5.20. The van der Waals surface area contributed by atoms with Crippen molar-refractivity contribution >= 4 is 0 Å². The smallest absolute Gasteiger partial charge is 0.0954 e. The fourth-order valence-electron chi connectivity index (χ4n) is 2.04. The van der Waals surface area contributed by atoms with Gasteiger partial charge in [0.25, 0.3) is 0 Å². The Hall–Kier alpha value is -0.830. The van der Waals surface area contributed by atoms with E-state index in [-0.39, 0.29) is 6.04 Å².